The van der Waals surface area contributed by atoms with Crippen LogP contribution in [0.25, 0.3) is 0 Å². The number of carbonyl (C=O) groups is 2. The molecule has 236 valence electrons. The summed E-state index contributed by atoms with van der Waals surface area (Å²) in [6, 6.07) is 29.0. The number of aryl methyl sites for hydroxylation is 2. The fourth-order valence-electron chi connectivity index (χ4n) is 4.95. The topological polar surface area (TPSA) is 86.8 Å². The van der Waals surface area contributed by atoms with Gasteiger partial charge in [0.2, 0.25) is 11.8 Å². The molecule has 0 heterocycles. The van der Waals surface area contributed by atoms with Crippen molar-refractivity contribution in [2.45, 2.75) is 64.1 Å². The van der Waals surface area contributed by atoms with Crippen molar-refractivity contribution in [2.24, 2.45) is 0 Å². The molecule has 0 unspecified atom stereocenters. The third kappa shape index (κ3) is 8.53. The van der Waals surface area contributed by atoms with E-state index in [4.69, 9.17) is 11.6 Å². The first-order valence-corrected chi connectivity index (χ1v) is 16.8. The molecule has 0 fully saturated rings. The maximum absolute atomic E-state index is 14.6. The Morgan fingerprint density at radius 3 is 2.09 bits per heavy atom. The second-order valence-electron chi connectivity index (χ2n) is 11.2. The summed E-state index contributed by atoms with van der Waals surface area (Å²) in [5.41, 5.74) is 3.71. The zero-order valence-electron chi connectivity index (χ0n) is 26.1. The van der Waals surface area contributed by atoms with Gasteiger partial charge in [-0.1, -0.05) is 97.4 Å². The Bertz CT molecular complexity index is 1720. The van der Waals surface area contributed by atoms with Crippen LogP contribution in [-0.2, 0) is 32.6 Å². The lowest BCUT2D eigenvalue weighted by atomic mass is 10.0. The molecule has 0 spiro atoms. The van der Waals surface area contributed by atoms with Gasteiger partial charge in [0, 0.05) is 24.0 Å². The summed E-state index contributed by atoms with van der Waals surface area (Å²) in [5.74, 6) is -0.819. The van der Waals surface area contributed by atoms with Gasteiger partial charge >= 0.3 is 0 Å². The standard InChI is InChI=1S/C36H40ClN3O4S/c1-5-28(4)38-36(42)34(22-29-15-8-6-9-16-29)39(24-30-17-13-12-14-26(30)2)35(41)25-40(31-21-20-27(3)33(37)23-31)45(43,44)32-18-10-7-11-19-32/h6-21,23,28,34H,5,22,24-25H2,1-4H3,(H,38,42)/t28-,34-/m0/s1. The molecule has 0 bridgehead atoms. The summed E-state index contributed by atoms with van der Waals surface area (Å²) in [7, 11) is -4.19. The molecule has 2 amide bonds. The molecule has 1 N–H and O–H groups in total. The van der Waals surface area contributed by atoms with Crippen LogP contribution in [-0.4, -0.2) is 43.8 Å². The molecule has 0 aromatic heterocycles. The molecule has 2 atom stereocenters. The number of rotatable bonds is 13. The van der Waals surface area contributed by atoms with Crippen molar-refractivity contribution >= 4 is 39.1 Å². The molecule has 0 saturated heterocycles. The lowest BCUT2D eigenvalue weighted by molar-refractivity contribution is -0.140. The molecule has 4 aromatic rings. The van der Waals surface area contributed by atoms with E-state index in [2.05, 4.69) is 5.32 Å². The predicted octanol–water partition coefficient (Wildman–Crippen LogP) is 6.71. The first-order chi connectivity index (χ1) is 21.5. The molecule has 9 heteroatoms. The third-order valence-electron chi connectivity index (χ3n) is 7.93. The van der Waals surface area contributed by atoms with Crippen LogP contribution >= 0.6 is 11.6 Å². The lowest BCUT2D eigenvalue weighted by Gasteiger charge is -2.34. The summed E-state index contributed by atoms with van der Waals surface area (Å²) >= 11 is 6.45. The zero-order valence-corrected chi connectivity index (χ0v) is 27.7. The molecule has 0 aliphatic heterocycles. The maximum atomic E-state index is 14.6. The summed E-state index contributed by atoms with van der Waals surface area (Å²) in [6.07, 6.45) is 0.968. The molecule has 45 heavy (non-hydrogen) atoms. The molecule has 4 aromatic carbocycles. The van der Waals surface area contributed by atoms with Crippen LogP contribution in [0, 0.1) is 13.8 Å². The summed E-state index contributed by atoms with van der Waals surface area (Å²) in [6.45, 7) is 7.24. The van der Waals surface area contributed by atoms with Gasteiger partial charge in [0.25, 0.3) is 10.0 Å². The van der Waals surface area contributed by atoms with E-state index < -0.39 is 28.5 Å². The van der Waals surface area contributed by atoms with E-state index in [1.807, 2.05) is 82.3 Å². The van der Waals surface area contributed by atoms with E-state index in [-0.39, 0.29) is 35.5 Å². The van der Waals surface area contributed by atoms with Gasteiger partial charge < -0.3 is 10.2 Å². The van der Waals surface area contributed by atoms with E-state index in [1.165, 1.54) is 17.0 Å². The van der Waals surface area contributed by atoms with Gasteiger partial charge in [0.1, 0.15) is 12.6 Å². The number of benzene rings is 4. The minimum absolute atomic E-state index is 0.0373. The van der Waals surface area contributed by atoms with Crippen molar-refractivity contribution in [3.05, 3.63) is 130 Å². The van der Waals surface area contributed by atoms with Crippen LogP contribution < -0.4 is 9.62 Å². The third-order valence-corrected chi connectivity index (χ3v) is 10.1. The summed E-state index contributed by atoms with van der Waals surface area (Å²) in [5, 5.41) is 3.43. The molecule has 7 nitrogen and oxygen atoms in total. The van der Waals surface area contributed by atoms with Crippen LogP contribution in [0.4, 0.5) is 5.69 Å². The van der Waals surface area contributed by atoms with E-state index in [0.717, 1.165) is 26.6 Å². The van der Waals surface area contributed by atoms with Gasteiger partial charge in [-0.15, -0.1) is 0 Å². The van der Waals surface area contributed by atoms with Gasteiger partial charge in [-0.3, -0.25) is 13.9 Å². The van der Waals surface area contributed by atoms with Crippen molar-refractivity contribution in [1.82, 2.24) is 10.2 Å². The largest absolute Gasteiger partial charge is 0.352 e. The number of sulfonamides is 1. The lowest BCUT2D eigenvalue weighted by Crippen LogP contribution is -2.54. The highest BCUT2D eigenvalue weighted by Crippen LogP contribution is 2.29. The number of carbonyl (C=O) groups excluding carboxylic acids is 2. The van der Waals surface area contributed by atoms with Gasteiger partial charge in [-0.05, 0) is 73.7 Å². The SMILES string of the molecule is CC[C@H](C)NC(=O)[C@H](Cc1ccccc1)N(Cc1ccccc1C)C(=O)CN(c1ccc(C)c(Cl)c1)S(=O)(=O)c1ccccc1. The number of nitrogens with one attached hydrogen (secondary N) is 1. The Hall–Kier alpha value is -4.14. The summed E-state index contributed by atoms with van der Waals surface area (Å²) in [4.78, 5) is 30.1. The number of nitrogens with zero attached hydrogens (tertiary/aromatic N) is 2. The molecule has 0 aliphatic carbocycles. The predicted molar refractivity (Wildman–Crippen MR) is 181 cm³/mol. The average molecular weight is 646 g/mol. The van der Waals surface area contributed by atoms with E-state index in [1.54, 1.807) is 36.4 Å². The molecule has 4 rings (SSSR count). The fourth-order valence-corrected chi connectivity index (χ4v) is 6.55. The second kappa shape index (κ2) is 15.2. The van der Waals surface area contributed by atoms with E-state index in [0.29, 0.717) is 11.4 Å². The van der Waals surface area contributed by atoms with Crippen molar-refractivity contribution in [3.63, 3.8) is 0 Å². The number of amides is 2. The van der Waals surface area contributed by atoms with Gasteiger partial charge in [0.05, 0.1) is 10.6 Å². The van der Waals surface area contributed by atoms with Crippen molar-refractivity contribution in [2.75, 3.05) is 10.8 Å². The highest BCUT2D eigenvalue weighted by Gasteiger charge is 2.35. The van der Waals surface area contributed by atoms with Gasteiger partial charge in [0.15, 0.2) is 0 Å². The minimum Gasteiger partial charge on any atom is -0.352 e. The molecular formula is C36H40ClN3O4S. The Morgan fingerprint density at radius 1 is 0.844 bits per heavy atom. The molecular weight excluding hydrogens is 606 g/mol. The Kier molecular flexibility index (Phi) is 11.4. The van der Waals surface area contributed by atoms with Crippen LogP contribution in [0.15, 0.2) is 108 Å². The number of anilines is 1. The Morgan fingerprint density at radius 2 is 1.47 bits per heavy atom. The number of halogens is 1. The maximum Gasteiger partial charge on any atom is 0.264 e. The highest BCUT2D eigenvalue weighted by molar-refractivity contribution is 7.92. The normalized spacial score (nSPS) is 12.6. The van der Waals surface area contributed by atoms with Gasteiger partial charge in [-0.25, -0.2) is 8.42 Å². The zero-order chi connectivity index (χ0) is 32.6. The second-order valence-corrected chi connectivity index (χ2v) is 13.5. The fraction of sp³-hybridized carbons (Fsp3) is 0.278. The summed E-state index contributed by atoms with van der Waals surface area (Å²) < 4.78 is 29.3. The first-order valence-electron chi connectivity index (χ1n) is 15.0. The average Bonchev–Trinajstić information content (AvgIpc) is 3.04. The molecule has 0 radical (unpaired) electrons. The van der Waals surface area contributed by atoms with Crippen LogP contribution in [0.1, 0.15) is 42.5 Å². The molecule has 0 aliphatic rings. The monoisotopic (exact) mass is 645 g/mol. The highest BCUT2D eigenvalue weighted by atomic mass is 35.5. The Balaban J connectivity index is 1.83. The number of hydrogen-bond acceptors (Lipinski definition) is 4. The van der Waals surface area contributed by atoms with Crippen LogP contribution in [0.2, 0.25) is 5.02 Å². The Labute approximate surface area is 271 Å². The van der Waals surface area contributed by atoms with Gasteiger partial charge in [-0.2, -0.15) is 0 Å². The smallest absolute Gasteiger partial charge is 0.264 e. The van der Waals surface area contributed by atoms with Crippen molar-refractivity contribution < 1.29 is 18.0 Å². The quantitative estimate of drug-likeness (QED) is 0.175. The van der Waals surface area contributed by atoms with Crippen LogP contribution in [0.5, 0.6) is 0 Å². The number of hydrogen-bond donors (Lipinski definition) is 1. The van der Waals surface area contributed by atoms with Crippen LogP contribution in [0.3, 0.4) is 0 Å². The van der Waals surface area contributed by atoms with E-state index >= 15 is 0 Å². The van der Waals surface area contributed by atoms with E-state index in [9.17, 15) is 18.0 Å². The first kappa shape index (κ1) is 33.7. The van der Waals surface area contributed by atoms with Crippen molar-refractivity contribution in [3.8, 4) is 0 Å². The minimum atomic E-state index is -4.19. The molecule has 0 saturated carbocycles. The van der Waals surface area contributed by atoms with Crippen molar-refractivity contribution in [1.29, 1.82) is 0 Å².